The van der Waals surface area contributed by atoms with Gasteiger partial charge in [-0.3, -0.25) is 0 Å². The maximum atomic E-state index is 13.6. The minimum absolute atomic E-state index is 0.0962. The van der Waals surface area contributed by atoms with Gasteiger partial charge in [-0.15, -0.1) is 0 Å². The van der Waals surface area contributed by atoms with Gasteiger partial charge in [-0.25, -0.2) is 0 Å². The fourth-order valence-corrected chi connectivity index (χ4v) is 20.4. The first-order valence-corrected chi connectivity index (χ1v) is 22.1. The van der Waals surface area contributed by atoms with Gasteiger partial charge in [0.2, 0.25) is 0 Å². The molecule has 3 heterocycles. The molecule has 0 saturated carbocycles. The summed E-state index contributed by atoms with van der Waals surface area (Å²) in [7, 11) is 0. The van der Waals surface area contributed by atoms with Crippen molar-refractivity contribution < 1.29 is 14.6 Å². The normalized spacial score (nSPS) is 23.9. The number of aliphatic hydroxyl groups is 1. The maximum absolute atomic E-state index is 13.6. The molecule has 3 fully saturated rings. The number of ether oxygens (including phenoxy) is 1. The molecule has 4 rings (SSSR count). The Morgan fingerprint density at radius 1 is 1.03 bits per heavy atom. The standard InChI is InChI=1S/C18H22NO3.3C4H9.Sn/c1-2-10-18(21,15-6-4-3-5-7-15)17(20)22-16-13-19-11-8-14(16)9-12-19;3*1-3-4-2;/h1-7,14,16,21H,8-13H2;3*1,3-4H2,2H3;/t16-,18-;;;;/m0..../s1. The molecule has 0 aromatic heterocycles. The van der Waals surface area contributed by atoms with E-state index in [0.717, 1.165) is 32.5 Å². The molecule has 0 radical (unpaired) electrons. The van der Waals surface area contributed by atoms with Crippen LogP contribution in [0.25, 0.3) is 0 Å². The minimum atomic E-state index is -2.49. The van der Waals surface area contributed by atoms with Crippen molar-refractivity contribution in [2.75, 3.05) is 19.6 Å². The molecule has 0 aliphatic carbocycles. The van der Waals surface area contributed by atoms with Crippen LogP contribution in [0.15, 0.2) is 40.5 Å². The number of benzene rings is 1. The van der Waals surface area contributed by atoms with Crippen LogP contribution < -0.4 is 0 Å². The molecule has 4 nitrogen and oxygen atoms in total. The molecule has 1 N–H and O–H groups in total. The number of hydrogen-bond donors (Lipinski definition) is 1. The first kappa shape index (κ1) is 28.7. The van der Waals surface area contributed by atoms with Crippen LogP contribution in [0.5, 0.6) is 0 Å². The summed E-state index contributed by atoms with van der Waals surface area (Å²) in [4.78, 5) is 16.0. The molecule has 1 aromatic carbocycles. The van der Waals surface area contributed by atoms with Gasteiger partial charge in [0.25, 0.3) is 0 Å². The van der Waals surface area contributed by atoms with Gasteiger partial charge in [-0.2, -0.15) is 0 Å². The predicted molar refractivity (Wildman–Crippen MR) is 148 cm³/mol. The van der Waals surface area contributed by atoms with E-state index in [-0.39, 0.29) is 6.10 Å². The number of nitrogens with zero attached hydrogens (tertiary/aromatic N) is 1. The van der Waals surface area contributed by atoms with E-state index >= 15 is 0 Å². The first-order chi connectivity index (χ1) is 17.0. The van der Waals surface area contributed by atoms with E-state index in [4.69, 9.17) is 4.74 Å². The van der Waals surface area contributed by atoms with Crippen molar-refractivity contribution in [2.45, 2.75) is 104 Å². The predicted octanol–water partition coefficient (Wildman–Crippen LogP) is 6.85. The SMILES string of the molecule is CCC[CH2][Sn](/[CH]=C\C[C@@](O)(C(=O)O[C@H]1CN2CCC1CC2)c1ccccc1)([CH2]CCC)[CH2]CCC. The molecule has 35 heavy (non-hydrogen) atoms. The second-order valence-electron chi connectivity index (χ2n) is 11.1. The second-order valence-corrected chi connectivity index (χ2v) is 24.1. The molecule has 5 heteroatoms. The van der Waals surface area contributed by atoms with Crippen molar-refractivity contribution >= 4 is 24.3 Å². The molecule has 3 saturated heterocycles. The van der Waals surface area contributed by atoms with Crippen LogP contribution in [-0.4, -0.2) is 60.1 Å². The summed E-state index contributed by atoms with van der Waals surface area (Å²) >= 11 is -2.49. The molecule has 2 bridgehead atoms. The van der Waals surface area contributed by atoms with Crippen LogP contribution in [0.3, 0.4) is 0 Å². The molecule has 3 aliphatic heterocycles. The van der Waals surface area contributed by atoms with Gasteiger partial charge in [0.1, 0.15) is 0 Å². The molecule has 0 spiro atoms. The van der Waals surface area contributed by atoms with E-state index in [1.807, 2.05) is 30.3 Å². The monoisotopic (exact) mass is 591 g/mol. The zero-order chi connectivity index (χ0) is 25.2. The van der Waals surface area contributed by atoms with Gasteiger partial charge in [0, 0.05) is 0 Å². The van der Waals surface area contributed by atoms with Gasteiger partial charge < -0.3 is 0 Å². The Kier molecular flexibility index (Phi) is 11.6. The van der Waals surface area contributed by atoms with Crippen molar-refractivity contribution in [3.8, 4) is 0 Å². The van der Waals surface area contributed by atoms with E-state index in [9.17, 15) is 9.90 Å². The number of carbonyl (C=O) groups excluding carboxylic acids is 1. The summed E-state index contributed by atoms with van der Waals surface area (Å²) in [6.07, 6.45) is 12.2. The Morgan fingerprint density at radius 2 is 1.60 bits per heavy atom. The van der Waals surface area contributed by atoms with Crippen molar-refractivity contribution in [2.24, 2.45) is 5.92 Å². The first-order valence-electron chi connectivity index (χ1n) is 14.4. The summed E-state index contributed by atoms with van der Waals surface area (Å²) in [5, 5.41) is 11.9. The van der Waals surface area contributed by atoms with Crippen LogP contribution in [0.1, 0.15) is 84.1 Å². The van der Waals surface area contributed by atoms with E-state index in [1.54, 1.807) is 0 Å². The zero-order valence-corrected chi connectivity index (χ0v) is 25.4. The summed E-state index contributed by atoms with van der Waals surface area (Å²) < 4.78 is 12.8. The Labute approximate surface area is 218 Å². The molecule has 3 aliphatic rings. The Hall–Kier alpha value is -0.851. The van der Waals surface area contributed by atoms with Crippen molar-refractivity contribution in [3.63, 3.8) is 0 Å². The topological polar surface area (TPSA) is 49.8 Å². The van der Waals surface area contributed by atoms with Crippen molar-refractivity contribution in [3.05, 3.63) is 46.1 Å². The Morgan fingerprint density at radius 3 is 2.09 bits per heavy atom. The fraction of sp³-hybridized carbons (Fsp3) is 0.700. The van der Waals surface area contributed by atoms with E-state index in [1.165, 1.54) is 51.8 Å². The number of esters is 1. The summed E-state index contributed by atoms with van der Waals surface area (Å²) in [5.41, 5.74) is -0.978. The van der Waals surface area contributed by atoms with E-state index in [2.05, 4.69) is 35.8 Å². The third kappa shape index (κ3) is 7.82. The Balaban J connectivity index is 1.81. The average molecular weight is 590 g/mol. The molecule has 196 valence electrons. The van der Waals surface area contributed by atoms with Gasteiger partial charge in [-0.05, 0) is 0 Å². The Bertz CT molecular complexity index is 768. The van der Waals surface area contributed by atoms with E-state index < -0.39 is 29.9 Å². The molecular formula is C30H49NO3Sn. The molecule has 0 unspecified atom stereocenters. The van der Waals surface area contributed by atoms with Gasteiger partial charge in [-0.1, -0.05) is 0 Å². The van der Waals surface area contributed by atoms with Gasteiger partial charge in [0.05, 0.1) is 0 Å². The van der Waals surface area contributed by atoms with Crippen LogP contribution in [0.2, 0.25) is 13.3 Å². The quantitative estimate of drug-likeness (QED) is 0.180. The van der Waals surface area contributed by atoms with Crippen LogP contribution in [0.4, 0.5) is 0 Å². The summed E-state index contributed by atoms with van der Waals surface area (Å²) in [5.74, 6) is -0.0379. The third-order valence-corrected chi connectivity index (χ3v) is 22.7. The van der Waals surface area contributed by atoms with Crippen molar-refractivity contribution in [1.82, 2.24) is 4.90 Å². The molecular weight excluding hydrogens is 541 g/mol. The van der Waals surface area contributed by atoms with Gasteiger partial charge >= 0.3 is 219 Å². The van der Waals surface area contributed by atoms with Gasteiger partial charge in [0.15, 0.2) is 0 Å². The molecule has 0 amide bonds. The van der Waals surface area contributed by atoms with E-state index in [0.29, 0.717) is 17.9 Å². The number of hydrogen-bond acceptors (Lipinski definition) is 4. The second kappa shape index (κ2) is 14.2. The summed E-state index contributed by atoms with van der Waals surface area (Å²) in [6.45, 7) is 9.89. The zero-order valence-electron chi connectivity index (χ0n) is 22.5. The average Bonchev–Trinajstić information content (AvgIpc) is 2.90. The number of carbonyl (C=O) groups is 1. The molecule has 2 atom stereocenters. The number of rotatable bonds is 15. The van der Waals surface area contributed by atoms with Crippen LogP contribution >= 0.6 is 0 Å². The number of piperidine rings is 3. The number of unbranched alkanes of at least 4 members (excludes halogenated alkanes) is 3. The van der Waals surface area contributed by atoms with Crippen LogP contribution in [-0.2, 0) is 15.1 Å². The fourth-order valence-electron chi connectivity index (χ4n) is 6.00. The number of fused-ring (bicyclic) bond motifs is 3. The molecule has 1 aromatic rings. The summed E-state index contributed by atoms with van der Waals surface area (Å²) in [6, 6.07) is 9.47. The third-order valence-electron chi connectivity index (χ3n) is 8.41. The van der Waals surface area contributed by atoms with Crippen LogP contribution in [0, 0.1) is 5.92 Å². The van der Waals surface area contributed by atoms with Crippen molar-refractivity contribution in [1.29, 1.82) is 0 Å².